The van der Waals surface area contributed by atoms with Gasteiger partial charge in [0.25, 0.3) is 0 Å². The van der Waals surface area contributed by atoms with Gasteiger partial charge in [0.1, 0.15) is 17.5 Å². The SMILES string of the molecule is COc1cc(N2CCC(=O)NC(C)C2=O)c(OC)cc1Cl. The second-order valence-corrected chi connectivity index (χ2v) is 5.09. The van der Waals surface area contributed by atoms with E-state index < -0.39 is 6.04 Å². The molecule has 1 atom stereocenters. The molecule has 1 aromatic rings. The molecule has 0 radical (unpaired) electrons. The monoisotopic (exact) mass is 312 g/mol. The van der Waals surface area contributed by atoms with E-state index in [-0.39, 0.29) is 24.8 Å². The number of amides is 2. The Kier molecular flexibility index (Phi) is 4.57. The van der Waals surface area contributed by atoms with Crippen LogP contribution in [0.5, 0.6) is 11.5 Å². The maximum atomic E-state index is 12.4. The summed E-state index contributed by atoms with van der Waals surface area (Å²) in [6.45, 7) is 1.92. The molecule has 1 heterocycles. The van der Waals surface area contributed by atoms with Crippen LogP contribution in [0.15, 0.2) is 12.1 Å². The first kappa shape index (κ1) is 15.4. The van der Waals surface area contributed by atoms with E-state index in [1.54, 1.807) is 19.1 Å². The highest BCUT2D eigenvalue weighted by Gasteiger charge is 2.29. The van der Waals surface area contributed by atoms with Crippen molar-refractivity contribution >= 4 is 29.1 Å². The number of methoxy groups -OCH3 is 2. The zero-order valence-corrected chi connectivity index (χ0v) is 12.9. The molecule has 0 aromatic heterocycles. The number of anilines is 1. The van der Waals surface area contributed by atoms with E-state index in [9.17, 15) is 9.59 Å². The third-order valence-electron chi connectivity index (χ3n) is 3.32. The summed E-state index contributed by atoms with van der Waals surface area (Å²) in [7, 11) is 2.99. The van der Waals surface area contributed by atoms with Crippen molar-refractivity contribution in [2.45, 2.75) is 19.4 Å². The maximum absolute atomic E-state index is 12.4. The predicted octanol–water partition coefficient (Wildman–Crippen LogP) is 1.60. The van der Waals surface area contributed by atoms with Crippen molar-refractivity contribution in [3.63, 3.8) is 0 Å². The van der Waals surface area contributed by atoms with Gasteiger partial charge in [0, 0.05) is 25.1 Å². The lowest BCUT2D eigenvalue weighted by molar-refractivity contribution is -0.125. The second kappa shape index (κ2) is 6.22. The van der Waals surface area contributed by atoms with Gasteiger partial charge >= 0.3 is 0 Å². The Morgan fingerprint density at radius 2 is 1.90 bits per heavy atom. The predicted molar refractivity (Wildman–Crippen MR) is 79.1 cm³/mol. The van der Waals surface area contributed by atoms with Crippen LogP contribution in [0.25, 0.3) is 0 Å². The van der Waals surface area contributed by atoms with Crippen molar-refractivity contribution in [3.8, 4) is 11.5 Å². The summed E-state index contributed by atoms with van der Waals surface area (Å²) in [6, 6.07) is 2.64. The Labute approximate surface area is 128 Å². The van der Waals surface area contributed by atoms with Crippen LogP contribution < -0.4 is 19.7 Å². The van der Waals surface area contributed by atoms with Crippen molar-refractivity contribution in [2.24, 2.45) is 0 Å². The van der Waals surface area contributed by atoms with Crippen molar-refractivity contribution < 1.29 is 19.1 Å². The highest BCUT2D eigenvalue weighted by Crippen LogP contribution is 2.38. The number of carbonyl (C=O) groups excluding carboxylic acids is 2. The Morgan fingerprint density at radius 1 is 1.24 bits per heavy atom. The number of benzene rings is 1. The van der Waals surface area contributed by atoms with Gasteiger partial charge in [-0.15, -0.1) is 0 Å². The summed E-state index contributed by atoms with van der Waals surface area (Å²) in [6.07, 6.45) is 0.226. The number of rotatable bonds is 3. The van der Waals surface area contributed by atoms with Gasteiger partial charge in [-0.2, -0.15) is 0 Å². The molecule has 1 aliphatic heterocycles. The van der Waals surface area contributed by atoms with Crippen LogP contribution in [0.2, 0.25) is 5.02 Å². The average molecular weight is 313 g/mol. The molecule has 2 rings (SSSR count). The minimum atomic E-state index is -0.591. The van der Waals surface area contributed by atoms with Gasteiger partial charge < -0.3 is 19.7 Å². The Bertz CT molecular complexity index is 576. The molecule has 1 unspecified atom stereocenters. The number of hydrogen-bond donors (Lipinski definition) is 1. The normalized spacial score (nSPS) is 19.0. The topological polar surface area (TPSA) is 67.9 Å². The average Bonchev–Trinajstić information content (AvgIpc) is 2.58. The molecule has 1 fully saturated rings. The van der Waals surface area contributed by atoms with E-state index >= 15 is 0 Å². The van der Waals surface area contributed by atoms with E-state index in [1.807, 2.05) is 0 Å². The van der Waals surface area contributed by atoms with E-state index in [4.69, 9.17) is 21.1 Å². The highest BCUT2D eigenvalue weighted by atomic mass is 35.5. The first-order valence-electron chi connectivity index (χ1n) is 6.50. The van der Waals surface area contributed by atoms with Crippen LogP contribution in [0.1, 0.15) is 13.3 Å². The van der Waals surface area contributed by atoms with Crippen molar-refractivity contribution in [2.75, 3.05) is 25.7 Å². The second-order valence-electron chi connectivity index (χ2n) is 4.69. The number of nitrogens with one attached hydrogen (secondary N) is 1. The third kappa shape index (κ3) is 3.05. The number of ether oxygens (including phenoxy) is 2. The van der Waals surface area contributed by atoms with Crippen LogP contribution >= 0.6 is 11.6 Å². The van der Waals surface area contributed by atoms with Crippen LogP contribution in [0.4, 0.5) is 5.69 Å². The van der Waals surface area contributed by atoms with Gasteiger partial charge in [0.05, 0.1) is 24.9 Å². The summed E-state index contributed by atoms with van der Waals surface area (Å²) in [4.78, 5) is 25.5. The summed E-state index contributed by atoms with van der Waals surface area (Å²) >= 11 is 6.06. The number of halogens is 1. The molecule has 0 aliphatic carbocycles. The number of nitrogens with zero attached hydrogens (tertiary/aromatic N) is 1. The molecular weight excluding hydrogens is 296 g/mol. The van der Waals surface area contributed by atoms with Crippen molar-refractivity contribution in [1.82, 2.24) is 5.32 Å². The molecule has 0 spiro atoms. The smallest absolute Gasteiger partial charge is 0.249 e. The van der Waals surface area contributed by atoms with Crippen molar-refractivity contribution in [1.29, 1.82) is 0 Å². The van der Waals surface area contributed by atoms with Gasteiger partial charge in [-0.3, -0.25) is 9.59 Å². The summed E-state index contributed by atoms with van der Waals surface area (Å²) < 4.78 is 10.5. The molecule has 1 saturated heterocycles. The minimum Gasteiger partial charge on any atom is -0.495 e. The van der Waals surface area contributed by atoms with Gasteiger partial charge in [-0.1, -0.05) is 11.6 Å². The van der Waals surface area contributed by atoms with Crippen LogP contribution in [-0.4, -0.2) is 38.6 Å². The zero-order chi connectivity index (χ0) is 15.6. The fourth-order valence-electron chi connectivity index (χ4n) is 2.23. The van der Waals surface area contributed by atoms with E-state index in [1.165, 1.54) is 19.1 Å². The summed E-state index contributed by atoms with van der Waals surface area (Å²) in [5.41, 5.74) is 0.534. The van der Waals surface area contributed by atoms with Crippen molar-refractivity contribution in [3.05, 3.63) is 17.2 Å². The summed E-state index contributed by atoms with van der Waals surface area (Å²) in [5.74, 6) is 0.536. The first-order chi connectivity index (χ1) is 9.97. The Morgan fingerprint density at radius 3 is 2.52 bits per heavy atom. The standard InChI is InChI=1S/C14H17ClN2O4/c1-8-14(19)17(5-4-13(18)16-8)10-7-11(20-2)9(15)6-12(10)21-3/h6-8H,4-5H2,1-3H3,(H,16,18). The molecule has 0 bridgehead atoms. The van der Waals surface area contributed by atoms with Gasteiger partial charge in [0.15, 0.2) is 0 Å². The molecule has 6 nitrogen and oxygen atoms in total. The zero-order valence-electron chi connectivity index (χ0n) is 12.1. The molecule has 114 valence electrons. The molecule has 1 N–H and O–H groups in total. The molecule has 21 heavy (non-hydrogen) atoms. The van der Waals surface area contributed by atoms with Gasteiger partial charge in [0.2, 0.25) is 11.8 Å². The molecule has 1 aromatic carbocycles. The molecule has 7 heteroatoms. The van der Waals surface area contributed by atoms with E-state index in [0.29, 0.717) is 22.2 Å². The first-order valence-corrected chi connectivity index (χ1v) is 6.88. The van der Waals surface area contributed by atoms with E-state index in [0.717, 1.165) is 0 Å². The lowest BCUT2D eigenvalue weighted by Crippen LogP contribution is -2.42. The third-order valence-corrected chi connectivity index (χ3v) is 3.62. The highest BCUT2D eigenvalue weighted by molar-refractivity contribution is 6.32. The molecular formula is C14H17ClN2O4. The number of hydrogen-bond acceptors (Lipinski definition) is 4. The quantitative estimate of drug-likeness (QED) is 0.920. The molecule has 0 saturated carbocycles. The number of carbonyl (C=O) groups is 2. The lowest BCUT2D eigenvalue weighted by Gasteiger charge is -2.25. The Hall–Kier alpha value is -1.95. The molecule has 1 aliphatic rings. The van der Waals surface area contributed by atoms with E-state index in [2.05, 4.69) is 5.32 Å². The van der Waals surface area contributed by atoms with Gasteiger partial charge in [-0.25, -0.2) is 0 Å². The minimum absolute atomic E-state index is 0.154. The summed E-state index contributed by atoms with van der Waals surface area (Å²) in [5, 5.41) is 3.03. The lowest BCUT2D eigenvalue weighted by atomic mass is 10.2. The fourth-order valence-corrected chi connectivity index (χ4v) is 2.46. The largest absolute Gasteiger partial charge is 0.495 e. The fraction of sp³-hybridized carbons (Fsp3) is 0.429. The molecule has 2 amide bonds. The van der Waals surface area contributed by atoms with Crippen LogP contribution in [0.3, 0.4) is 0 Å². The maximum Gasteiger partial charge on any atom is 0.249 e. The van der Waals surface area contributed by atoms with Crippen LogP contribution in [-0.2, 0) is 9.59 Å². The van der Waals surface area contributed by atoms with Crippen LogP contribution in [0, 0.1) is 0 Å². The van der Waals surface area contributed by atoms with Gasteiger partial charge in [-0.05, 0) is 6.92 Å². The Balaban J connectivity index is 2.48.